The number of piperidine rings is 1. The van der Waals surface area contributed by atoms with Crippen molar-refractivity contribution >= 4 is 6.03 Å². The highest BCUT2D eigenvalue weighted by molar-refractivity contribution is 5.72. The van der Waals surface area contributed by atoms with Gasteiger partial charge in [0.15, 0.2) is 0 Å². The molecule has 1 rings (SSSR count). The van der Waals surface area contributed by atoms with Gasteiger partial charge in [0, 0.05) is 20.2 Å². The van der Waals surface area contributed by atoms with E-state index in [0.717, 1.165) is 12.8 Å². The number of hydrogen-bond acceptors (Lipinski definition) is 3. The van der Waals surface area contributed by atoms with Crippen molar-refractivity contribution in [3.63, 3.8) is 0 Å². The first-order valence-corrected chi connectivity index (χ1v) is 4.89. The summed E-state index contributed by atoms with van der Waals surface area (Å²) in [4.78, 5) is 12.5. The van der Waals surface area contributed by atoms with Crippen molar-refractivity contribution < 1.29 is 14.3 Å². The molecule has 0 bridgehead atoms. The van der Waals surface area contributed by atoms with E-state index >= 15 is 0 Å². The average molecular weight is 202 g/mol. The Balaban J connectivity index is 2.12. The first-order valence-electron chi connectivity index (χ1n) is 4.89. The Kier molecular flexibility index (Phi) is 4.69. The molecule has 1 aliphatic rings. The van der Waals surface area contributed by atoms with E-state index in [1.165, 1.54) is 0 Å². The van der Waals surface area contributed by atoms with E-state index in [1.54, 1.807) is 12.0 Å². The fraction of sp³-hybridized carbons (Fsp3) is 0.889. The predicted octanol–water partition coefficient (Wildman–Crippen LogP) is 0.193. The largest absolute Gasteiger partial charge is 0.382 e. The van der Waals surface area contributed by atoms with Gasteiger partial charge in [-0.2, -0.15) is 0 Å². The Morgan fingerprint density at radius 2 is 2.07 bits per heavy atom. The van der Waals surface area contributed by atoms with Crippen molar-refractivity contribution in [3.05, 3.63) is 0 Å². The number of nitrogens with two attached hydrogens (primary N) is 1. The van der Waals surface area contributed by atoms with Crippen LogP contribution < -0.4 is 5.73 Å². The lowest BCUT2D eigenvalue weighted by Gasteiger charge is -2.30. The SMILES string of the molecule is COCCOC1CCN(C(N)=O)CC1. The third kappa shape index (κ3) is 3.51. The molecule has 0 aromatic heterocycles. The predicted molar refractivity (Wildman–Crippen MR) is 52.0 cm³/mol. The number of carbonyl (C=O) groups is 1. The van der Waals surface area contributed by atoms with E-state index in [0.29, 0.717) is 26.3 Å². The Morgan fingerprint density at radius 3 is 2.57 bits per heavy atom. The van der Waals surface area contributed by atoms with Crippen molar-refractivity contribution in [3.8, 4) is 0 Å². The molecule has 1 aliphatic heterocycles. The van der Waals surface area contributed by atoms with Gasteiger partial charge in [-0.25, -0.2) is 4.79 Å². The van der Waals surface area contributed by atoms with Gasteiger partial charge in [-0.1, -0.05) is 0 Å². The van der Waals surface area contributed by atoms with Gasteiger partial charge in [0.05, 0.1) is 19.3 Å². The lowest BCUT2D eigenvalue weighted by molar-refractivity contribution is -0.00873. The van der Waals surface area contributed by atoms with Crippen LogP contribution in [0.4, 0.5) is 4.79 Å². The minimum atomic E-state index is -0.333. The van der Waals surface area contributed by atoms with Crippen LogP contribution in [0.1, 0.15) is 12.8 Å². The molecule has 5 nitrogen and oxygen atoms in total. The summed E-state index contributed by atoms with van der Waals surface area (Å²) in [6.45, 7) is 2.65. The highest BCUT2D eigenvalue weighted by Gasteiger charge is 2.21. The van der Waals surface area contributed by atoms with Gasteiger partial charge in [-0.05, 0) is 12.8 Å². The zero-order valence-electron chi connectivity index (χ0n) is 8.57. The number of likely N-dealkylation sites (tertiary alicyclic amines) is 1. The number of urea groups is 1. The van der Waals surface area contributed by atoms with Crippen molar-refractivity contribution in [2.75, 3.05) is 33.4 Å². The fourth-order valence-electron chi connectivity index (χ4n) is 1.54. The van der Waals surface area contributed by atoms with Gasteiger partial charge in [0.25, 0.3) is 0 Å². The van der Waals surface area contributed by atoms with Gasteiger partial charge in [-0.15, -0.1) is 0 Å². The van der Waals surface area contributed by atoms with E-state index < -0.39 is 0 Å². The third-order valence-electron chi connectivity index (χ3n) is 2.39. The number of primary amides is 1. The number of rotatable bonds is 4. The lowest BCUT2D eigenvalue weighted by Crippen LogP contribution is -2.43. The molecule has 0 unspecified atom stereocenters. The molecule has 0 spiro atoms. The van der Waals surface area contributed by atoms with Gasteiger partial charge < -0.3 is 20.1 Å². The summed E-state index contributed by atoms with van der Waals surface area (Å²) >= 11 is 0. The first kappa shape index (κ1) is 11.3. The monoisotopic (exact) mass is 202 g/mol. The number of ether oxygens (including phenoxy) is 2. The van der Waals surface area contributed by atoms with Crippen LogP contribution in [0.5, 0.6) is 0 Å². The van der Waals surface area contributed by atoms with Gasteiger partial charge in [0.1, 0.15) is 0 Å². The van der Waals surface area contributed by atoms with E-state index in [9.17, 15) is 4.79 Å². The van der Waals surface area contributed by atoms with Crippen LogP contribution in [-0.4, -0.2) is 50.4 Å². The molecule has 14 heavy (non-hydrogen) atoms. The number of hydrogen-bond donors (Lipinski definition) is 1. The molecule has 82 valence electrons. The molecule has 0 saturated carbocycles. The summed E-state index contributed by atoms with van der Waals surface area (Å²) in [5, 5.41) is 0. The molecule has 0 aromatic rings. The molecular formula is C9H18N2O3. The second-order valence-electron chi connectivity index (χ2n) is 3.39. The Morgan fingerprint density at radius 1 is 1.43 bits per heavy atom. The molecule has 0 aliphatic carbocycles. The number of nitrogens with zero attached hydrogens (tertiary/aromatic N) is 1. The van der Waals surface area contributed by atoms with Crippen LogP contribution in [0.2, 0.25) is 0 Å². The van der Waals surface area contributed by atoms with Crippen molar-refractivity contribution in [1.29, 1.82) is 0 Å². The smallest absolute Gasteiger partial charge is 0.314 e. The van der Waals surface area contributed by atoms with Crippen molar-refractivity contribution in [2.24, 2.45) is 5.73 Å². The lowest BCUT2D eigenvalue weighted by atomic mass is 10.1. The molecule has 2 N–H and O–H groups in total. The fourth-order valence-corrected chi connectivity index (χ4v) is 1.54. The highest BCUT2D eigenvalue weighted by Crippen LogP contribution is 2.12. The minimum absolute atomic E-state index is 0.251. The van der Waals surface area contributed by atoms with E-state index in [4.69, 9.17) is 15.2 Å². The normalized spacial score (nSPS) is 18.5. The zero-order chi connectivity index (χ0) is 10.4. The van der Waals surface area contributed by atoms with Crippen LogP contribution in [0.15, 0.2) is 0 Å². The molecule has 0 atom stereocenters. The maximum absolute atomic E-state index is 10.8. The van der Waals surface area contributed by atoms with Gasteiger partial charge in [-0.3, -0.25) is 0 Å². The summed E-state index contributed by atoms with van der Waals surface area (Å²) < 4.78 is 10.4. The van der Waals surface area contributed by atoms with E-state index in [1.807, 2.05) is 0 Å². The molecule has 1 fully saturated rings. The Hall–Kier alpha value is -0.810. The van der Waals surface area contributed by atoms with Gasteiger partial charge >= 0.3 is 6.03 Å². The van der Waals surface area contributed by atoms with Crippen molar-refractivity contribution in [2.45, 2.75) is 18.9 Å². The summed E-state index contributed by atoms with van der Waals surface area (Å²) in [6.07, 6.45) is 1.99. The summed E-state index contributed by atoms with van der Waals surface area (Å²) in [6, 6.07) is -0.333. The molecule has 2 amide bonds. The Labute approximate surface area is 84.1 Å². The zero-order valence-corrected chi connectivity index (χ0v) is 8.57. The Bertz CT molecular complexity index is 179. The topological polar surface area (TPSA) is 64.8 Å². The molecule has 0 radical (unpaired) electrons. The quantitative estimate of drug-likeness (QED) is 0.662. The number of amides is 2. The molecule has 5 heteroatoms. The van der Waals surface area contributed by atoms with Crippen LogP contribution in [-0.2, 0) is 9.47 Å². The van der Waals surface area contributed by atoms with E-state index in [-0.39, 0.29) is 12.1 Å². The van der Waals surface area contributed by atoms with E-state index in [2.05, 4.69) is 0 Å². The average Bonchev–Trinajstić information content (AvgIpc) is 2.19. The number of methoxy groups -OCH3 is 1. The molecule has 1 heterocycles. The second kappa shape index (κ2) is 5.82. The maximum atomic E-state index is 10.8. The molecule has 0 aromatic carbocycles. The van der Waals surface area contributed by atoms with Gasteiger partial charge in [0.2, 0.25) is 0 Å². The summed E-state index contributed by atoms with van der Waals surface area (Å²) in [5.41, 5.74) is 5.16. The van der Waals surface area contributed by atoms with Crippen molar-refractivity contribution in [1.82, 2.24) is 4.90 Å². The first-order chi connectivity index (χ1) is 6.74. The third-order valence-corrected chi connectivity index (χ3v) is 2.39. The van der Waals surface area contributed by atoms with Crippen LogP contribution in [0.3, 0.4) is 0 Å². The second-order valence-corrected chi connectivity index (χ2v) is 3.39. The van der Waals surface area contributed by atoms with Crippen LogP contribution in [0, 0.1) is 0 Å². The summed E-state index contributed by atoms with van der Waals surface area (Å²) in [5.74, 6) is 0. The number of carbonyl (C=O) groups excluding carboxylic acids is 1. The van der Waals surface area contributed by atoms with Crippen LogP contribution in [0.25, 0.3) is 0 Å². The summed E-state index contributed by atoms with van der Waals surface area (Å²) in [7, 11) is 1.65. The standard InChI is InChI=1S/C9H18N2O3/c1-13-6-7-14-8-2-4-11(5-3-8)9(10)12/h8H,2-7H2,1H3,(H2,10,12). The van der Waals surface area contributed by atoms with Crippen LogP contribution >= 0.6 is 0 Å². The molecular weight excluding hydrogens is 184 g/mol. The minimum Gasteiger partial charge on any atom is -0.382 e. The highest BCUT2D eigenvalue weighted by atomic mass is 16.5. The maximum Gasteiger partial charge on any atom is 0.314 e. The molecule has 1 saturated heterocycles.